The smallest absolute Gasteiger partial charge is 0.404 e. The van der Waals surface area contributed by atoms with E-state index >= 15 is 0 Å². The van der Waals surface area contributed by atoms with E-state index in [0.29, 0.717) is 0 Å². The monoisotopic (exact) mass is 424 g/mol. The third kappa shape index (κ3) is 3.89. The highest BCUT2D eigenvalue weighted by Crippen LogP contribution is 2.40. The summed E-state index contributed by atoms with van der Waals surface area (Å²) >= 11 is 1.21. The number of thioether (sulfide) groups is 1. The maximum atomic E-state index is 12.6. The van der Waals surface area contributed by atoms with Crippen LogP contribution in [0.4, 0.5) is 4.79 Å². The number of hydrogen-bond donors (Lipinski definition) is 3. The predicted octanol–water partition coefficient (Wildman–Crippen LogP) is -0.536. The Balaban J connectivity index is 1.77. The summed E-state index contributed by atoms with van der Waals surface area (Å²) in [6.07, 6.45) is 0.290. The van der Waals surface area contributed by atoms with Crippen LogP contribution in [0.5, 0.6) is 0 Å². The Morgan fingerprint density at radius 2 is 2.24 bits per heavy atom. The second kappa shape index (κ2) is 8.26. The minimum Gasteiger partial charge on any atom is -0.477 e. The van der Waals surface area contributed by atoms with Gasteiger partial charge in [-0.3, -0.25) is 14.5 Å². The number of amides is 3. The number of ether oxygens (including phenoxy) is 1. The van der Waals surface area contributed by atoms with Crippen LogP contribution in [-0.2, 0) is 24.0 Å². The zero-order valence-electron chi connectivity index (χ0n) is 15.0. The number of furan rings is 1. The standard InChI is InChI=1S/C16H16N4O8S/c1-26-19-9(8-3-2-4-27-8)12(21)18-10-13(22)20-11(15(23)24)7(5-28-16(17)25)6-29-14(10)20/h2-4,10,14H,5-6H2,1H3,(H2,17,25)(H,18,21)(H,23,24)/b19-9-. The first-order valence-corrected chi connectivity index (χ1v) is 9.18. The molecule has 12 nitrogen and oxygen atoms in total. The number of nitrogens with zero attached hydrogens (tertiary/aromatic N) is 2. The Kier molecular flexibility index (Phi) is 5.77. The first-order chi connectivity index (χ1) is 13.8. The fourth-order valence-electron chi connectivity index (χ4n) is 2.87. The molecule has 154 valence electrons. The van der Waals surface area contributed by atoms with Crippen molar-refractivity contribution >= 4 is 41.4 Å². The van der Waals surface area contributed by atoms with Gasteiger partial charge in [-0.05, 0) is 12.1 Å². The Morgan fingerprint density at radius 3 is 2.83 bits per heavy atom. The highest BCUT2D eigenvalue weighted by Gasteiger charge is 2.54. The lowest BCUT2D eigenvalue weighted by molar-refractivity contribution is -0.150. The van der Waals surface area contributed by atoms with E-state index in [0.717, 1.165) is 4.90 Å². The molecular weight excluding hydrogens is 408 g/mol. The molecule has 29 heavy (non-hydrogen) atoms. The van der Waals surface area contributed by atoms with Gasteiger partial charge in [0.05, 0.1) is 6.26 Å². The molecule has 3 rings (SSSR count). The molecule has 2 unspecified atom stereocenters. The van der Waals surface area contributed by atoms with Crippen molar-refractivity contribution in [1.29, 1.82) is 0 Å². The van der Waals surface area contributed by atoms with E-state index < -0.39 is 35.3 Å². The van der Waals surface area contributed by atoms with Gasteiger partial charge in [-0.1, -0.05) is 5.16 Å². The molecule has 0 spiro atoms. The number of nitrogens with two attached hydrogens (primary N) is 1. The molecule has 0 aliphatic carbocycles. The summed E-state index contributed by atoms with van der Waals surface area (Å²) in [5.41, 5.74) is 4.68. The third-order valence-corrected chi connectivity index (χ3v) is 5.42. The summed E-state index contributed by atoms with van der Waals surface area (Å²) in [5, 5.41) is 15.0. The number of nitrogens with one attached hydrogen (secondary N) is 1. The molecule has 4 N–H and O–H groups in total. The lowest BCUT2D eigenvalue weighted by Crippen LogP contribution is -2.71. The molecule has 13 heteroatoms. The molecule has 1 saturated heterocycles. The lowest BCUT2D eigenvalue weighted by Gasteiger charge is -2.49. The van der Waals surface area contributed by atoms with E-state index in [1.807, 2.05) is 0 Å². The van der Waals surface area contributed by atoms with Crippen LogP contribution in [-0.4, -0.2) is 70.5 Å². The first-order valence-electron chi connectivity index (χ1n) is 8.13. The summed E-state index contributed by atoms with van der Waals surface area (Å²) in [5.74, 6) is -2.38. The molecule has 2 aliphatic heterocycles. The van der Waals surface area contributed by atoms with Gasteiger partial charge in [-0.15, -0.1) is 11.8 Å². The highest BCUT2D eigenvalue weighted by atomic mass is 32.2. The van der Waals surface area contributed by atoms with Gasteiger partial charge in [-0.2, -0.15) is 0 Å². The maximum Gasteiger partial charge on any atom is 0.404 e. The van der Waals surface area contributed by atoms with Crippen LogP contribution in [0, 0.1) is 0 Å². The van der Waals surface area contributed by atoms with Gasteiger partial charge in [0, 0.05) is 11.3 Å². The minimum atomic E-state index is -1.35. The van der Waals surface area contributed by atoms with Gasteiger partial charge in [-0.25, -0.2) is 9.59 Å². The van der Waals surface area contributed by atoms with Crippen molar-refractivity contribution in [3.8, 4) is 0 Å². The predicted molar refractivity (Wildman–Crippen MR) is 97.5 cm³/mol. The van der Waals surface area contributed by atoms with Crippen molar-refractivity contribution in [2.45, 2.75) is 11.4 Å². The van der Waals surface area contributed by atoms with E-state index in [-0.39, 0.29) is 35.1 Å². The van der Waals surface area contributed by atoms with Crippen LogP contribution in [0.25, 0.3) is 0 Å². The Labute approximate surface area is 167 Å². The quantitative estimate of drug-likeness (QED) is 0.295. The van der Waals surface area contributed by atoms with Crippen LogP contribution < -0.4 is 11.1 Å². The van der Waals surface area contributed by atoms with Gasteiger partial charge < -0.3 is 30.1 Å². The van der Waals surface area contributed by atoms with E-state index in [2.05, 4.69) is 20.0 Å². The fraction of sp³-hybridized carbons (Fsp3) is 0.312. The third-order valence-electron chi connectivity index (χ3n) is 4.08. The molecule has 0 saturated carbocycles. The van der Waals surface area contributed by atoms with Crippen LogP contribution >= 0.6 is 11.8 Å². The van der Waals surface area contributed by atoms with E-state index in [9.17, 15) is 24.3 Å². The number of carbonyl (C=O) groups excluding carboxylic acids is 3. The van der Waals surface area contributed by atoms with Gasteiger partial charge in [0.15, 0.2) is 5.76 Å². The number of primary amides is 1. The molecule has 3 heterocycles. The average molecular weight is 424 g/mol. The van der Waals surface area contributed by atoms with E-state index in [1.54, 1.807) is 6.07 Å². The van der Waals surface area contributed by atoms with Gasteiger partial charge in [0.25, 0.3) is 11.8 Å². The van der Waals surface area contributed by atoms with E-state index in [4.69, 9.17) is 10.2 Å². The topological polar surface area (TPSA) is 174 Å². The Hall–Kier alpha value is -3.48. The summed E-state index contributed by atoms with van der Waals surface area (Å²) in [6, 6.07) is 2.08. The average Bonchev–Trinajstić information content (AvgIpc) is 3.21. The number of carboxylic acids is 1. The van der Waals surface area contributed by atoms with Crippen molar-refractivity contribution in [3.05, 3.63) is 35.4 Å². The van der Waals surface area contributed by atoms with Gasteiger partial charge >= 0.3 is 12.1 Å². The summed E-state index contributed by atoms with van der Waals surface area (Å²) in [7, 11) is 1.25. The second-order valence-corrected chi connectivity index (χ2v) is 6.93. The Bertz CT molecular complexity index is 910. The molecule has 0 radical (unpaired) electrons. The molecule has 2 aliphatic rings. The zero-order valence-corrected chi connectivity index (χ0v) is 15.8. The summed E-state index contributed by atoms with van der Waals surface area (Å²) < 4.78 is 9.79. The van der Waals surface area contributed by atoms with E-state index in [1.165, 1.54) is 31.2 Å². The Morgan fingerprint density at radius 1 is 1.48 bits per heavy atom. The zero-order chi connectivity index (χ0) is 21.1. The number of oxime groups is 1. The SMILES string of the molecule is CO/N=C(\C(=O)NC1C(=O)N2C(C(=O)O)=C(COC(N)=O)CSC12)c1ccco1. The molecule has 3 amide bonds. The van der Waals surface area contributed by atoms with Crippen LogP contribution in [0.2, 0.25) is 0 Å². The van der Waals surface area contributed by atoms with Crippen LogP contribution in [0.1, 0.15) is 5.76 Å². The van der Waals surface area contributed by atoms with Crippen molar-refractivity contribution in [2.75, 3.05) is 19.5 Å². The number of carboxylic acid groups (broad SMARTS) is 1. The molecule has 1 aromatic heterocycles. The minimum absolute atomic E-state index is 0.140. The highest BCUT2D eigenvalue weighted by molar-refractivity contribution is 8.00. The van der Waals surface area contributed by atoms with Crippen LogP contribution in [0.15, 0.2) is 39.2 Å². The number of rotatable bonds is 7. The maximum absolute atomic E-state index is 12.6. The van der Waals surface area contributed by atoms with Crippen molar-refractivity contribution in [2.24, 2.45) is 10.9 Å². The number of aliphatic carboxylic acids is 1. The summed E-state index contributed by atoms with van der Waals surface area (Å²) in [4.78, 5) is 53.3. The van der Waals surface area contributed by atoms with Gasteiger partial charge in [0.2, 0.25) is 5.71 Å². The lowest BCUT2D eigenvalue weighted by atomic mass is 10.0. The van der Waals surface area contributed by atoms with Crippen molar-refractivity contribution < 1.29 is 38.3 Å². The number of β-lactam (4-membered cyclic amide) rings is 1. The molecule has 2 atom stereocenters. The van der Waals surface area contributed by atoms with Crippen molar-refractivity contribution in [1.82, 2.24) is 10.2 Å². The second-order valence-electron chi connectivity index (χ2n) is 5.83. The first kappa shape index (κ1) is 20.3. The van der Waals surface area contributed by atoms with Crippen LogP contribution in [0.3, 0.4) is 0 Å². The molecule has 0 aromatic carbocycles. The fourth-order valence-corrected chi connectivity index (χ4v) is 4.19. The normalized spacial score (nSPS) is 21.2. The molecular formula is C16H16N4O8S. The summed E-state index contributed by atoms with van der Waals surface area (Å²) in [6.45, 7) is -0.347. The molecule has 1 aromatic rings. The molecule has 0 bridgehead atoms. The largest absolute Gasteiger partial charge is 0.477 e. The van der Waals surface area contributed by atoms with Gasteiger partial charge in [0.1, 0.15) is 30.8 Å². The number of fused-ring (bicyclic) bond motifs is 1. The number of carbonyl (C=O) groups is 4. The molecule has 1 fully saturated rings. The van der Waals surface area contributed by atoms with Crippen molar-refractivity contribution in [3.63, 3.8) is 0 Å². The number of hydrogen-bond acceptors (Lipinski definition) is 9.